The first-order valence-electron chi connectivity index (χ1n) is 8.23. The normalized spacial score (nSPS) is 16.3. The van der Waals surface area contributed by atoms with Crippen LogP contribution in [0, 0.1) is 11.3 Å². The number of hydrogen-bond donors (Lipinski definition) is 1. The van der Waals surface area contributed by atoms with Crippen molar-refractivity contribution in [3.8, 4) is 11.9 Å². The summed E-state index contributed by atoms with van der Waals surface area (Å²) >= 11 is 0. The Bertz CT molecular complexity index is 778. The maximum absolute atomic E-state index is 12.6. The SMILES string of the molecule is COc1nc2ccccc2nc1[C@H](C#N)C(=O)NC1CCCCC1. The molecule has 0 aliphatic heterocycles. The number of methoxy groups -OCH3 is 1. The molecule has 3 rings (SSSR count). The Morgan fingerprint density at radius 1 is 1.25 bits per heavy atom. The number of amides is 1. The average molecular weight is 324 g/mol. The van der Waals surface area contributed by atoms with Gasteiger partial charge in [0.1, 0.15) is 5.69 Å². The van der Waals surface area contributed by atoms with Crippen molar-refractivity contribution in [2.24, 2.45) is 0 Å². The number of fused-ring (bicyclic) bond motifs is 1. The fourth-order valence-corrected chi connectivity index (χ4v) is 3.11. The molecular formula is C18H20N4O2. The lowest BCUT2D eigenvalue weighted by Crippen LogP contribution is -2.39. The Balaban J connectivity index is 1.90. The fourth-order valence-electron chi connectivity index (χ4n) is 3.11. The van der Waals surface area contributed by atoms with Crippen LogP contribution in [0.15, 0.2) is 24.3 Å². The molecule has 1 aromatic heterocycles. The van der Waals surface area contributed by atoms with E-state index in [2.05, 4.69) is 21.4 Å². The zero-order valence-electron chi connectivity index (χ0n) is 13.7. The number of nitrogens with zero attached hydrogens (tertiary/aromatic N) is 3. The topological polar surface area (TPSA) is 87.9 Å². The van der Waals surface area contributed by atoms with E-state index in [4.69, 9.17) is 4.74 Å². The largest absolute Gasteiger partial charge is 0.480 e. The minimum Gasteiger partial charge on any atom is -0.480 e. The second-order valence-corrected chi connectivity index (χ2v) is 6.01. The molecule has 0 bridgehead atoms. The monoisotopic (exact) mass is 324 g/mol. The van der Waals surface area contributed by atoms with E-state index in [1.165, 1.54) is 13.5 Å². The van der Waals surface area contributed by atoms with Gasteiger partial charge >= 0.3 is 0 Å². The summed E-state index contributed by atoms with van der Waals surface area (Å²) < 4.78 is 5.27. The number of para-hydroxylation sites is 2. The summed E-state index contributed by atoms with van der Waals surface area (Å²) in [6, 6.07) is 9.51. The number of benzene rings is 1. The van der Waals surface area contributed by atoms with Gasteiger partial charge in [-0.15, -0.1) is 0 Å². The predicted octanol–water partition coefficient (Wildman–Crippen LogP) is 2.69. The zero-order valence-corrected chi connectivity index (χ0v) is 13.7. The molecule has 0 spiro atoms. The van der Waals surface area contributed by atoms with E-state index in [-0.39, 0.29) is 23.5 Å². The van der Waals surface area contributed by atoms with Crippen molar-refractivity contribution in [3.63, 3.8) is 0 Å². The Hall–Kier alpha value is -2.68. The zero-order chi connectivity index (χ0) is 16.9. The molecule has 1 fully saturated rings. The van der Waals surface area contributed by atoms with Crippen LogP contribution in [0.4, 0.5) is 0 Å². The fraction of sp³-hybridized carbons (Fsp3) is 0.444. The summed E-state index contributed by atoms with van der Waals surface area (Å²) in [5, 5.41) is 12.5. The Kier molecular flexibility index (Phi) is 4.90. The molecule has 1 aliphatic rings. The molecule has 1 aromatic carbocycles. The molecule has 6 heteroatoms. The van der Waals surface area contributed by atoms with Crippen LogP contribution >= 0.6 is 0 Å². The van der Waals surface area contributed by atoms with Gasteiger partial charge in [0.25, 0.3) is 0 Å². The third kappa shape index (κ3) is 3.30. The highest BCUT2D eigenvalue weighted by molar-refractivity contribution is 5.87. The smallest absolute Gasteiger partial charge is 0.243 e. The Morgan fingerprint density at radius 3 is 2.54 bits per heavy atom. The van der Waals surface area contributed by atoms with Gasteiger partial charge in [0.05, 0.1) is 24.2 Å². The number of aromatic nitrogens is 2. The molecule has 1 atom stereocenters. The van der Waals surface area contributed by atoms with Crippen LogP contribution in [-0.4, -0.2) is 29.0 Å². The van der Waals surface area contributed by atoms with E-state index in [9.17, 15) is 10.1 Å². The van der Waals surface area contributed by atoms with Crippen molar-refractivity contribution in [2.45, 2.75) is 44.1 Å². The van der Waals surface area contributed by atoms with E-state index in [1.807, 2.05) is 18.2 Å². The molecule has 1 N–H and O–H groups in total. The molecule has 1 aliphatic carbocycles. The van der Waals surface area contributed by atoms with E-state index in [0.29, 0.717) is 11.0 Å². The maximum Gasteiger partial charge on any atom is 0.243 e. The Labute approximate surface area is 140 Å². The molecule has 1 heterocycles. The first kappa shape index (κ1) is 16.2. The summed E-state index contributed by atoms with van der Waals surface area (Å²) in [5.74, 6) is -1.13. The third-order valence-electron chi connectivity index (χ3n) is 4.37. The van der Waals surface area contributed by atoms with Gasteiger partial charge in [-0.1, -0.05) is 31.4 Å². The van der Waals surface area contributed by atoms with Crippen molar-refractivity contribution in [1.29, 1.82) is 5.26 Å². The van der Waals surface area contributed by atoms with Crippen molar-refractivity contribution >= 4 is 16.9 Å². The summed E-state index contributed by atoms with van der Waals surface area (Å²) in [7, 11) is 1.47. The predicted molar refractivity (Wildman–Crippen MR) is 89.5 cm³/mol. The highest BCUT2D eigenvalue weighted by Crippen LogP contribution is 2.26. The molecule has 6 nitrogen and oxygen atoms in total. The van der Waals surface area contributed by atoms with Gasteiger partial charge in [0.15, 0.2) is 5.92 Å². The maximum atomic E-state index is 12.6. The van der Waals surface area contributed by atoms with Gasteiger partial charge in [-0.25, -0.2) is 9.97 Å². The van der Waals surface area contributed by atoms with E-state index in [0.717, 1.165) is 25.7 Å². The second-order valence-electron chi connectivity index (χ2n) is 6.01. The summed E-state index contributed by atoms with van der Waals surface area (Å²) in [5.41, 5.74) is 1.58. The molecular weight excluding hydrogens is 304 g/mol. The third-order valence-corrected chi connectivity index (χ3v) is 4.37. The average Bonchev–Trinajstić information content (AvgIpc) is 2.62. The van der Waals surface area contributed by atoms with Crippen molar-refractivity contribution < 1.29 is 9.53 Å². The number of nitrogens with one attached hydrogen (secondary N) is 1. The van der Waals surface area contributed by atoms with Gasteiger partial charge in [-0.2, -0.15) is 5.26 Å². The molecule has 24 heavy (non-hydrogen) atoms. The van der Waals surface area contributed by atoms with Crippen LogP contribution in [0.1, 0.15) is 43.7 Å². The minimum absolute atomic E-state index is 0.140. The van der Waals surface area contributed by atoms with Gasteiger partial charge in [-0.05, 0) is 25.0 Å². The first-order chi connectivity index (χ1) is 11.7. The van der Waals surface area contributed by atoms with Gasteiger partial charge in [0.2, 0.25) is 11.8 Å². The number of ether oxygens (including phenoxy) is 1. The van der Waals surface area contributed by atoms with Crippen LogP contribution < -0.4 is 10.1 Å². The van der Waals surface area contributed by atoms with Crippen LogP contribution in [0.25, 0.3) is 11.0 Å². The van der Waals surface area contributed by atoms with E-state index >= 15 is 0 Å². The summed E-state index contributed by atoms with van der Waals surface area (Å²) in [6.07, 6.45) is 5.36. The van der Waals surface area contributed by atoms with Gasteiger partial charge in [-0.3, -0.25) is 4.79 Å². The molecule has 0 unspecified atom stereocenters. The minimum atomic E-state index is -1.03. The lowest BCUT2D eigenvalue weighted by molar-refractivity contribution is -0.122. The number of rotatable bonds is 4. The summed E-state index contributed by atoms with van der Waals surface area (Å²) in [4.78, 5) is 21.4. The standard InChI is InChI=1S/C18H20N4O2/c1-24-18-16(21-14-9-5-6-10-15(14)22-18)13(11-19)17(23)20-12-7-3-2-4-8-12/h5-6,9-10,12-13H,2-4,7-8H2,1H3,(H,20,23)/t13-/m0/s1. The highest BCUT2D eigenvalue weighted by atomic mass is 16.5. The van der Waals surface area contributed by atoms with E-state index < -0.39 is 5.92 Å². The van der Waals surface area contributed by atoms with E-state index in [1.54, 1.807) is 6.07 Å². The Morgan fingerprint density at radius 2 is 1.92 bits per heavy atom. The first-order valence-corrected chi connectivity index (χ1v) is 8.23. The van der Waals surface area contributed by atoms with Crippen molar-refractivity contribution in [1.82, 2.24) is 15.3 Å². The molecule has 1 saturated carbocycles. The summed E-state index contributed by atoms with van der Waals surface area (Å²) in [6.45, 7) is 0. The lowest BCUT2D eigenvalue weighted by Gasteiger charge is -2.24. The van der Waals surface area contributed by atoms with Gasteiger partial charge in [0, 0.05) is 6.04 Å². The number of hydrogen-bond acceptors (Lipinski definition) is 5. The molecule has 124 valence electrons. The number of carbonyl (C=O) groups excluding carboxylic acids is 1. The van der Waals surface area contributed by atoms with Crippen molar-refractivity contribution in [3.05, 3.63) is 30.0 Å². The molecule has 1 amide bonds. The van der Waals surface area contributed by atoms with Gasteiger partial charge < -0.3 is 10.1 Å². The second kappa shape index (κ2) is 7.26. The number of carbonyl (C=O) groups is 1. The molecule has 0 saturated heterocycles. The number of nitriles is 1. The lowest BCUT2D eigenvalue weighted by atomic mass is 9.94. The molecule has 2 aromatic rings. The molecule has 0 radical (unpaired) electrons. The van der Waals surface area contributed by atoms with Crippen LogP contribution in [0.5, 0.6) is 5.88 Å². The van der Waals surface area contributed by atoms with Crippen LogP contribution in [0.2, 0.25) is 0 Å². The van der Waals surface area contributed by atoms with Crippen LogP contribution in [0.3, 0.4) is 0 Å². The van der Waals surface area contributed by atoms with Crippen LogP contribution in [-0.2, 0) is 4.79 Å². The quantitative estimate of drug-likeness (QED) is 0.934. The highest BCUT2D eigenvalue weighted by Gasteiger charge is 2.29. The van der Waals surface area contributed by atoms with Crippen molar-refractivity contribution in [2.75, 3.05) is 7.11 Å².